The molecule has 1 N–H and O–H groups in total. The molecule has 1 amide bonds. The molecular formula is C6H10Cl3NOSi. The van der Waals surface area contributed by atoms with Crippen molar-refractivity contribution in [2.24, 2.45) is 0 Å². The zero-order valence-electron chi connectivity index (χ0n) is 6.61. The molecular weight excluding hydrogens is 237 g/mol. The highest BCUT2D eigenvalue weighted by Gasteiger charge is 2.36. The normalized spacial score (nSPS) is 13.7. The Morgan fingerprint density at radius 1 is 1.67 bits per heavy atom. The summed E-state index contributed by atoms with van der Waals surface area (Å²) in [6.45, 7) is 5.15. The number of rotatable bonds is 4. The number of halogens is 3. The lowest BCUT2D eigenvalue weighted by Gasteiger charge is -2.20. The van der Waals surface area contributed by atoms with E-state index in [1.807, 2.05) is 6.92 Å². The minimum absolute atomic E-state index is 0.305. The quantitative estimate of drug-likeness (QED) is 0.460. The second kappa shape index (κ2) is 5.12. The Labute approximate surface area is 87.0 Å². The first-order chi connectivity index (χ1) is 5.41. The number of hydrogen-bond acceptors (Lipinski definition) is 1. The Morgan fingerprint density at radius 3 is 2.42 bits per heavy atom. The average Bonchev–Trinajstić information content (AvgIpc) is 1.97. The Balaban J connectivity index is 4.18. The number of nitrogens with one attached hydrogen (secondary N) is 1. The molecule has 12 heavy (non-hydrogen) atoms. The van der Waals surface area contributed by atoms with E-state index in [9.17, 15) is 4.79 Å². The van der Waals surface area contributed by atoms with E-state index in [4.69, 9.17) is 33.2 Å². The summed E-state index contributed by atoms with van der Waals surface area (Å²) in [4.78, 5) is 10.8. The first-order valence-corrected chi connectivity index (χ1v) is 8.52. The molecule has 70 valence electrons. The Bertz CT molecular complexity index is 180. The van der Waals surface area contributed by atoms with Gasteiger partial charge >= 0.3 is 6.00 Å². The number of hydrogen-bond donors (Lipinski definition) is 1. The Kier molecular flexibility index (Phi) is 5.25. The zero-order chi connectivity index (χ0) is 9.78. The highest BCUT2D eigenvalue weighted by atomic mass is 35.8. The van der Waals surface area contributed by atoms with Crippen LogP contribution in [0.25, 0.3) is 0 Å². The molecule has 0 rings (SSSR count). The van der Waals surface area contributed by atoms with Crippen molar-refractivity contribution in [2.45, 2.75) is 19.0 Å². The Morgan fingerprint density at radius 2 is 2.17 bits per heavy atom. The number of carbonyl (C=O) groups is 1. The molecule has 0 radical (unpaired) electrons. The molecule has 0 aromatic heterocycles. The van der Waals surface area contributed by atoms with E-state index in [0.717, 1.165) is 6.08 Å². The van der Waals surface area contributed by atoms with Gasteiger partial charge in [0.2, 0.25) is 5.91 Å². The molecule has 0 aliphatic heterocycles. The van der Waals surface area contributed by atoms with Crippen molar-refractivity contribution >= 4 is 45.1 Å². The van der Waals surface area contributed by atoms with Crippen molar-refractivity contribution < 1.29 is 4.79 Å². The minimum atomic E-state index is -2.83. The van der Waals surface area contributed by atoms with Gasteiger partial charge in [-0.05, 0) is 12.5 Å². The molecule has 1 unspecified atom stereocenters. The molecule has 0 saturated heterocycles. The average molecular weight is 247 g/mol. The van der Waals surface area contributed by atoms with Crippen LogP contribution >= 0.6 is 33.2 Å². The molecule has 0 heterocycles. The van der Waals surface area contributed by atoms with E-state index in [1.165, 1.54) is 0 Å². The highest BCUT2D eigenvalue weighted by molar-refractivity contribution is 7.65. The van der Waals surface area contributed by atoms with Gasteiger partial charge in [0, 0.05) is 0 Å². The van der Waals surface area contributed by atoms with Crippen molar-refractivity contribution in [3.63, 3.8) is 0 Å². The molecule has 0 aromatic rings. The van der Waals surface area contributed by atoms with E-state index in [0.29, 0.717) is 6.42 Å². The summed E-state index contributed by atoms with van der Waals surface area (Å²) in [6, 6.07) is -2.83. The molecule has 0 spiro atoms. The van der Waals surface area contributed by atoms with Crippen LogP contribution < -0.4 is 5.32 Å². The van der Waals surface area contributed by atoms with Crippen LogP contribution in [0.2, 0.25) is 0 Å². The van der Waals surface area contributed by atoms with Crippen molar-refractivity contribution in [3.8, 4) is 0 Å². The van der Waals surface area contributed by atoms with Crippen LogP contribution in [0.5, 0.6) is 0 Å². The van der Waals surface area contributed by atoms with Crippen LogP contribution in [0.4, 0.5) is 0 Å². The van der Waals surface area contributed by atoms with Crippen LogP contribution in [0.15, 0.2) is 12.7 Å². The Hall–Kier alpha value is 0.297. The van der Waals surface area contributed by atoms with Gasteiger partial charge in [-0.3, -0.25) is 4.79 Å². The molecule has 6 heteroatoms. The first-order valence-electron chi connectivity index (χ1n) is 3.41. The van der Waals surface area contributed by atoms with Crippen LogP contribution in [0.3, 0.4) is 0 Å². The van der Waals surface area contributed by atoms with Gasteiger partial charge in [-0.25, -0.2) is 0 Å². The number of amides is 1. The monoisotopic (exact) mass is 245 g/mol. The fraction of sp³-hybridized carbons (Fsp3) is 0.500. The van der Waals surface area contributed by atoms with Gasteiger partial charge in [0.25, 0.3) is 0 Å². The lowest BCUT2D eigenvalue weighted by molar-refractivity contribution is -0.116. The summed E-state index contributed by atoms with van der Waals surface area (Å²) in [6.07, 6.45) is 1.77. The fourth-order valence-corrected chi connectivity index (χ4v) is 3.29. The molecule has 0 fully saturated rings. The highest BCUT2D eigenvalue weighted by Crippen LogP contribution is 2.25. The molecule has 0 aliphatic rings. The lowest BCUT2D eigenvalue weighted by Crippen LogP contribution is -2.46. The van der Waals surface area contributed by atoms with Gasteiger partial charge in [-0.2, -0.15) is 0 Å². The van der Waals surface area contributed by atoms with Gasteiger partial charge in [0.05, 0.1) is 5.67 Å². The van der Waals surface area contributed by atoms with Gasteiger partial charge in [-0.15, -0.1) is 33.2 Å². The summed E-state index contributed by atoms with van der Waals surface area (Å²) in [5.74, 6) is -0.305. The molecule has 0 aliphatic carbocycles. The maximum Gasteiger partial charge on any atom is 0.362 e. The third kappa shape index (κ3) is 4.35. The van der Waals surface area contributed by atoms with Gasteiger partial charge < -0.3 is 5.32 Å². The maximum absolute atomic E-state index is 10.8. The first kappa shape index (κ1) is 12.3. The van der Waals surface area contributed by atoms with Gasteiger partial charge in [0.15, 0.2) is 0 Å². The van der Waals surface area contributed by atoms with E-state index >= 15 is 0 Å². The second-order valence-electron chi connectivity index (χ2n) is 2.22. The van der Waals surface area contributed by atoms with Crippen molar-refractivity contribution in [2.75, 3.05) is 0 Å². The summed E-state index contributed by atoms with van der Waals surface area (Å²) in [5.41, 5.74) is -0.340. The molecule has 0 bridgehead atoms. The van der Waals surface area contributed by atoms with Crippen LogP contribution in [-0.2, 0) is 4.79 Å². The van der Waals surface area contributed by atoms with Crippen LogP contribution in [-0.4, -0.2) is 17.6 Å². The molecule has 1 atom stereocenters. The standard InChI is InChI=1S/C6H10Cl3NOSi/c1-3-5(11)10-6(4-2)12(7,8)9/h3,6H,1,4H2,2H3,(H,10,11). The minimum Gasteiger partial charge on any atom is -0.349 e. The van der Waals surface area contributed by atoms with Crippen molar-refractivity contribution in [3.05, 3.63) is 12.7 Å². The summed E-state index contributed by atoms with van der Waals surface area (Å²) in [5, 5.41) is 2.57. The van der Waals surface area contributed by atoms with E-state index < -0.39 is 6.00 Å². The van der Waals surface area contributed by atoms with E-state index in [2.05, 4.69) is 11.9 Å². The van der Waals surface area contributed by atoms with E-state index in [-0.39, 0.29) is 11.6 Å². The second-order valence-corrected chi connectivity index (χ2v) is 11.1. The molecule has 2 nitrogen and oxygen atoms in total. The summed E-state index contributed by atoms with van der Waals surface area (Å²) >= 11 is 17.2. The summed E-state index contributed by atoms with van der Waals surface area (Å²) < 4.78 is 0. The topological polar surface area (TPSA) is 29.1 Å². The molecule has 0 saturated carbocycles. The summed E-state index contributed by atoms with van der Waals surface area (Å²) in [7, 11) is 0. The maximum atomic E-state index is 10.8. The SMILES string of the molecule is C=CC(=O)NC(CC)[Si](Cl)(Cl)Cl. The smallest absolute Gasteiger partial charge is 0.349 e. The largest absolute Gasteiger partial charge is 0.362 e. The predicted octanol–water partition coefficient (Wildman–Crippen LogP) is 2.26. The van der Waals surface area contributed by atoms with Gasteiger partial charge in [0.1, 0.15) is 0 Å². The van der Waals surface area contributed by atoms with Gasteiger partial charge in [-0.1, -0.05) is 13.5 Å². The third-order valence-corrected chi connectivity index (χ3v) is 5.02. The van der Waals surface area contributed by atoms with Crippen molar-refractivity contribution in [1.29, 1.82) is 0 Å². The lowest BCUT2D eigenvalue weighted by atomic mass is 10.4. The number of carbonyl (C=O) groups excluding carboxylic acids is 1. The predicted molar refractivity (Wildman–Crippen MR) is 55.7 cm³/mol. The van der Waals surface area contributed by atoms with Crippen molar-refractivity contribution in [1.82, 2.24) is 5.32 Å². The third-order valence-electron chi connectivity index (χ3n) is 1.31. The van der Waals surface area contributed by atoms with Crippen LogP contribution in [0, 0.1) is 0 Å². The fourth-order valence-electron chi connectivity index (χ4n) is 0.646. The zero-order valence-corrected chi connectivity index (χ0v) is 9.88. The molecule has 0 aromatic carbocycles. The van der Waals surface area contributed by atoms with Crippen LogP contribution in [0.1, 0.15) is 13.3 Å². The van der Waals surface area contributed by atoms with E-state index in [1.54, 1.807) is 0 Å².